The molecule has 2 rings (SSSR count). The summed E-state index contributed by atoms with van der Waals surface area (Å²) in [6, 6.07) is 0.494. The van der Waals surface area contributed by atoms with Crippen molar-refractivity contribution in [2.75, 3.05) is 19.6 Å². The molecule has 1 aliphatic heterocycles. The van der Waals surface area contributed by atoms with Crippen LogP contribution in [0.3, 0.4) is 0 Å². The van der Waals surface area contributed by atoms with Gasteiger partial charge in [-0.05, 0) is 44.1 Å². The van der Waals surface area contributed by atoms with Gasteiger partial charge in [0.25, 0.3) is 0 Å². The Morgan fingerprint density at radius 3 is 2.39 bits per heavy atom. The molecule has 1 saturated carbocycles. The highest BCUT2D eigenvalue weighted by Gasteiger charge is 2.34. The Kier molecular flexibility index (Phi) is 6.94. The topological polar surface area (TPSA) is 32.3 Å². The number of carbonyl (C=O) groups is 1. The molecular weight excluding hydrogens is 284 g/mol. The first-order chi connectivity index (χ1) is 10.9. The summed E-state index contributed by atoms with van der Waals surface area (Å²) in [7, 11) is 0. The van der Waals surface area contributed by atoms with Gasteiger partial charge < -0.3 is 10.2 Å². The number of piperidine rings is 1. The number of nitrogens with zero attached hydrogens (tertiary/aromatic N) is 1. The molecule has 3 heteroatoms. The summed E-state index contributed by atoms with van der Waals surface area (Å²) >= 11 is 0. The summed E-state index contributed by atoms with van der Waals surface area (Å²) in [5.74, 6) is 1.86. The minimum Gasteiger partial charge on any atom is -0.340 e. The molecule has 2 aliphatic rings. The lowest BCUT2D eigenvalue weighted by molar-refractivity contribution is -0.142. The van der Waals surface area contributed by atoms with Crippen LogP contribution >= 0.6 is 0 Å². The van der Waals surface area contributed by atoms with E-state index in [2.05, 4.69) is 17.1 Å². The largest absolute Gasteiger partial charge is 0.340 e. The van der Waals surface area contributed by atoms with E-state index in [9.17, 15) is 4.79 Å². The van der Waals surface area contributed by atoms with Crippen molar-refractivity contribution in [2.45, 2.75) is 85.1 Å². The number of hydrogen-bond acceptors (Lipinski definition) is 2. The smallest absolute Gasteiger partial charge is 0.228 e. The summed E-state index contributed by atoms with van der Waals surface area (Å²) in [6.07, 6.45) is 10.7. The highest BCUT2D eigenvalue weighted by Crippen LogP contribution is 2.27. The van der Waals surface area contributed by atoms with Gasteiger partial charge in [-0.1, -0.05) is 53.4 Å². The molecule has 0 aromatic rings. The molecule has 1 amide bonds. The maximum atomic E-state index is 12.7. The van der Waals surface area contributed by atoms with Gasteiger partial charge in [0.2, 0.25) is 5.91 Å². The molecule has 1 saturated heterocycles. The van der Waals surface area contributed by atoms with Crippen LogP contribution in [0, 0.1) is 17.3 Å². The Bertz CT molecular complexity index is 368. The number of rotatable bonds is 5. The fourth-order valence-electron chi connectivity index (χ4n) is 4.33. The molecule has 1 heterocycles. The van der Waals surface area contributed by atoms with Gasteiger partial charge in [0.15, 0.2) is 0 Å². The van der Waals surface area contributed by atoms with E-state index in [-0.39, 0.29) is 5.41 Å². The number of amides is 1. The second kappa shape index (κ2) is 8.50. The average molecular weight is 323 g/mol. The molecule has 134 valence electrons. The second-order valence-electron chi connectivity index (χ2n) is 8.96. The zero-order valence-corrected chi connectivity index (χ0v) is 15.9. The van der Waals surface area contributed by atoms with Crippen molar-refractivity contribution >= 4 is 5.91 Å². The van der Waals surface area contributed by atoms with E-state index < -0.39 is 0 Å². The lowest BCUT2D eigenvalue weighted by Gasteiger charge is -2.41. The van der Waals surface area contributed by atoms with E-state index in [1.807, 2.05) is 20.8 Å². The van der Waals surface area contributed by atoms with E-state index in [0.717, 1.165) is 25.6 Å². The molecule has 0 radical (unpaired) electrons. The highest BCUT2D eigenvalue weighted by molar-refractivity contribution is 5.81. The minimum absolute atomic E-state index is 0.262. The van der Waals surface area contributed by atoms with Crippen molar-refractivity contribution in [1.29, 1.82) is 0 Å². The highest BCUT2D eigenvalue weighted by atomic mass is 16.2. The van der Waals surface area contributed by atoms with E-state index in [4.69, 9.17) is 0 Å². The zero-order valence-electron chi connectivity index (χ0n) is 15.9. The van der Waals surface area contributed by atoms with Crippen molar-refractivity contribution in [2.24, 2.45) is 17.3 Å². The Morgan fingerprint density at radius 2 is 1.78 bits per heavy atom. The van der Waals surface area contributed by atoms with Crippen LogP contribution in [-0.2, 0) is 4.79 Å². The van der Waals surface area contributed by atoms with Crippen LogP contribution < -0.4 is 5.32 Å². The van der Waals surface area contributed by atoms with E-state index >= 15 is 0 Å². The molecule has 0 aromatic carbocycles. The van der Waals surface area contributed by atoms with Gasteiger partial charge in [0.05, 0.1) is 0 Å². The number of nitrogens with one attached hydrogen (secondary N) is 1. The SMILES string of the molecule is CCCC1CC(NCC2CCCCC2)CN(C(=O)C(C)(C)C)C1. The summed E-state index contributed by atoms with van der Waals surface area (Å²) in [5, 5.41) is 3.82. The molecule has 0 aromatic heterocycles. The predicted octanol–water partition coefficient (Wildman–Crippen LogP) is 4.22. The van der Waals surface area contributed by atoms with Gasteiger partial charge in [-0.3, -0.25) is 4.79 Å². The molecule has 23 heavy (non-hydrogen) atoms. The van der Waals surface area contributed by atoms with Crippen LogP contribution in [0.15, 0.2) is 0 Å². The second-order valence-corrected chi connectivity index (χ2v) is 8.96. The van der Waals surface area contributed by atoms with Crippen LogP contribution in [0.25, 0.3) is 0 Å². The van der Waals surface area contributed by atoms with Gasteiger partial charge in [-0.15, -0.1) is 0 Å². The first-order valence-electron chi connectivity index (χ1n) is 9.93. The van der Waals surface area contributed by atoms with Crippen LogP contribution in [0.1, 0.15) is 79.1 Å². The first-order valence-corrected chi connectivity index (χ1v) is 9.93. The predicted molar refractivity (Wildman–Crippen MR) is 97.4 cm³/mol. The van der Waals surface area contributed by atoms with Crippen molar-refractivity contribution < 1.29 is 4.79 Å². The third-order valence-corrected chi connectivity index (χ3v) is 5.58. The molecule has 3 nitrogen and oxygen atoms in total. The lowest BCUT2D eigenvalue weighted by Crippen LogP contribution is -2.54. The zero-order chi connectivity index (χ0) is 16.9. The fourth-order valence-corrected chi connectivity index (χ4v) is 4.33. The van der Waals surface area contributed by atoms with E-state index in [0.29, 0.717) is 17.9 Å². The maximum Gasteiger partial charge on any atom is 0.228 e. The summed E-state index contributed by atoms with van der Waals surface area (Å²) < 4.78 is 0. The standard InChI is InChI=1S/C20H38N2O/c1-5-9-17-12-18(21-13-16-10-7-6-8-11-16)15-22(14-17)19(23)20(2,3)4/h16-18,21H,5-15H2,1-4H3. The van der Waals surface area contributed by atoms with Crippen LogP contribution in [-0.4, -0.2) is 36.5 Å². The van der Waals surface area contributed by atoms with Crippen LogP contribution in [0.4, 0.5) is 0 Å². The van der Waals surface area contributed by atoms with Gasteiger partial charge in [0, 0.05) is 24.5 Å². The normalized spacial score (nSPS) is 27.2. The van der Waals surface area contributed by atoms with E-state index in [1.165, 1.54) is 51.4 Å². The van der Waals surface area contributed by atoms with Gasteiger partial charge in [-0.25, -0.2) is 0 Å². The van der Waals surface area contributed by atoms with Gasteiger partial charge in [-0.2, -0.15) is 0 Å². The fraction of sp³-hybridized carbons (Fsp3) is 0.950. The maximum absolute atomic E-state index is 12.7. The summed E-state index contributed by atoms with van der Waals surface area (Å²) in [6.45, 7) is 11.4. The molecule has 2 atom stereocenters. The monoisotopic (exact) mass is 322 g/mol. The average Bonchev–Trinajstić information content (AvgIpc) is 2.52. The van der Waals surface area contributed by atoms with Crippen LogP contribution in [0.5, 0.6) is 0 Å². The summed E-state index contributed by atoms with van der Waals surface area (Å²) in [4.78, 5) is 14.9. The summed E-state index contributed by atoms with van der Waals surface area (Å²) in [5.41, 5.74) is -0.262. The number of carbonyl (C=O) groups excluding carboxylic acids is 1. The third-order valence-electron chi connectivity index (χ3n) is 5.58. The molecule has 0 spiro atoms. The first kappa shape index (κ1) is 18.8. The number of hydrogen-bond donors (Lipinski definition) is 1. The third kappa shape index (κ3) is 5.77. The molecule has 1 N–H and O–H groups in total. The molecule has 1 aliphatic carbocycles. The van der Waals surface area contributed by atoms with E-state index in [1.54, 1.807) is 0 Å². The quantitative estimate of drug-likeness (QED) is 0.822. The Balaban J connectivity index is 1.90. The number of likely N-dealkylation sites (tertiary alicyclic amines) is 1. The van der Waals surface area contributed by atoms with Gasteiger partial charge >= 0.3 is 0 Å². The van der Waals surface area contributed by atoms with Crippen molar-refractivity contribution in [1.82, 2.24) is 10.2 Å². The lowest BCUT2D eigenvalue weighted by atomic mass is 9.86. The Hall–Kier alpha value is -0.570. The molecule has 2 fully saturated rings. The van der Waals surface area contributed by atoms with Crippen molar-refractivity contribution in [3.05, 3.63) is 0 Å². The molecule has 0 bridgehead atoms. The Morgan fingerprint density at radius 1 is 1.09 bits per heavy atom. The molecular formula is C20H38N2O. The van der Waals surface area contributed by atoms with Gasteiger partial charge in [0.1, 0.15) is 0 Å². The minimum atomic E-state index is -0.262. The Labute approximate surface area is 143 Å². The van der Waals surface area contributed by atoms with Crippen molar-refractivity contribution in [3.8, 4) is 0 Å². The van der Waals surface area contributed by atoms with Crippen LogP contribution in [0.2, 0.25) is 0 Å². The molecule has 2 unspecified atom stereocenters. The van der Waals surface area contributed by atoms with Crippen molar-refractivity contribution in [3.63, 3.8) is 0 Å².